The molecule has 328 valence electrons. The van der Waals surface area contributed by atoms with Crippen LogP contribution in [0.4, 0.5) is 0 Å². The lowest BCUT2D eigenvalue weighted by molar-refractivity contribution is -0.905. The van der Waals surface area contributed by atoms with E-state index in [0.717, 1.165) is 38.5 Å². The van der Waals surface area contributed by atoms with Gasteiger partial charge in [0.25, 0.3) is 0 Å². The van der Waals surface area contributed by atoms with Crippen LogP contribution in [0, 0.1) is 0 Å². The normalized spacial score (nSPS) is 14.2. The minimum atomic E-state index is -4.51. The van der Waals surface area contributed by atoms with Crippen LogP contribution in [-0.2, 0) is 28.2 Å². The Balaban J connectivity index is 4.83. The fourth-order valence-electron chi connectivity index (χ4n) is 7.21. The first-order chi connectivity index (χ1) is 26.4. The summed E-state index contributed by atoms with van der Waals surface area (Å²) in [7, 11) is -1.06. The number of hydrogen-bond acceptors (Lipinski definition) is 9. The van der Waals surface area contributed by atoms with Crippen molar-refractivity contribution in [1.82, 2.24) is 0 Å². The molecule has 0 aliphatic heterocycles. The van der Waals surface area contributed by atoms with Gasteiger partial charge < -0.3 is 38.2 Å². The second-order valence-electron chi connectivity index (χ2n) is 16.7. The number of nitrogens with zero attached hydrogens (tertiary/aromatic N) is 1. The van der Waals surface area contributed by atoms with Gasteiger partial charge >= 0.3 is 11.9 Å². The van der Waals surface area contributed by atoms with Crippen molar-refractivity contribution in [3.63, 3.8) is 0 Å². The number of aliphatic hydroxyl groups excluding tert-OH is 1. The standard InChI is InChI=1S/C44H88NO9P/c1-6-9-11-13-15-17-19-21-23-25-27-29-31-34-43(48)52-38-40(39-53-55(50,51)41(33-8-3)45(4,5)37-36-42(46)47)54-44(49)35-32-30-28-26-24-22-20-18-16-14-12-10-7-2/h40-42,46-47H,6-39H2,1-5H3/t40-,41?/m1/s1. The van der Waals surface area contributed by atoms with Crippen LogP contribution < -0.4 is 4.89 Å². The van der Waals surface area contributed by atoms with E-state index in [2.05, 4.69) is 13.8 Å². The molecule has 0 saturated carbocycles. The van der Waals surface area contributed by atoms with Crippen LogP contribution >= 0.6 is 7.60 Å². The number of hydrogen-bond donors (Lipinski definition) is 2. The Bertz CT molecular complexity index is 948. The Morgan fingerprint density at radius 2 is 0.945 bits per heavy atom. The first-order valence-corrected chi connectivity index (χ1v) is 24.5. The molecule has 0 aliphatic carbocycles. The number of aliphatic hydroxyl groups is 2. The van der Waals surface area contributed by atoms with Crippen molar-refractivity contribution in [3.8, 4) is 0 Å². The monoisotopic (exact) mass is 806 g/mol. The summed E-state index contributed by atoms with van der Waals surface area (Å²) >= 11 is 0. The largest absolute Gasteiger partial charge is 0.774 e. The predicted octanol–water partition coefficient (Wildman–Crippen LogP) is 10.9. The Kier molecular flexibility index (Phi) is 35.4. The third kappa shape index (κ3) is 32.6. The van der Waals surface area contributed by atoms with E-state index in [0.29, 0.717) is 19.3 Å². The van der Waals surface area contributed by atoms with Crippen molar-refractivity contribution in [2.75, 3.05) is 33.9 Å². The molecule has 3 atom stereocenters. The van der Waals surface area contributed by atoms with Crippen molar-refractivity contribution in [1.29, 1.82) is 0 Å². The summed E-state index contributed by atoms with van der Waals surface area (Å²) in [6.45, 7) is 5.87. The highest BCUT2D eigenvalue weighted by atomic mass is 31.2. The van der Waals surface area contributed by atoms with Gasteiger partial charge in [0.15, 0.2) is 25.8 Å². The zero-order valence-corrected chi connectivity index (χ0v) is 37.3. The summed E-state index contributed by atoms with van der Waals surface area (Å²) in [6.07, 6.45) is 30.1. The quantitative estimate of drug-likeness (QED) is 0.0203. The summed E-state index contributed by atoms with van der Waals surface area (Å²) in [4.78, 5) is 39.0. The third-order valence-electron chi connectivity index (χ3n) is 10.8. The fourth-order valence-corrected chi connectivity index (χ4v) is 9.21. The molecule has 0 saturated heterocycles. The Morgan fingerprint density at radius 3 is 1.33 bits per heavy atom. The van der Waals surface area contributed by atoms with Gasteiger partial charge in [0.1, 0.15) is 6.61 Å². The fraction of sp³-hybridized carbons (Fsp3) is 0.955. The van der Waals surface area contributed by atoms with E-state index in [4.69, 9.17) is 14.0 Å². The Hall–Kier alpha value is -1.03. The maximum Gasteiger partial charge on any atom is 0.306 e. The van der Waals surface area contributed by atoms with E-state index in [1.165, 1.54) is 122 Å². The molecular weight excluding hydrogens is 717 g/mol. The molecule has 0 fully saturated rings. The minimum Gasteiger partial charge on any atom is -0.774 e. The molecule has 55 heavy (non-hydrogen) atoms. The van der Waals surface area contributed by atoms with Crippen molar-refractivity contribution < 1.29 is 47.7 Å². The Morgan fingerprint density at radius 1 is 0.564 bits per heavy atom. The molecule has 0 bridgehead atoms. The summed E-state index contributed by atoms with van der Waals surface area (Å²) in [6, 6.07) is 0. The van der Waals surface area contributed by atoms with Crippen LogP contribution in [0.25, 0.3) is 0 Å². The second kappa shape index (κ2) is 36.1. The smallest absolute Gasteiger partial charge is 0.306 e. The minimum absolute atomic E-state index is 0.0101. The molecule has 2 unspecified atom stereocenters. The van der Waals surface area contributed by atoms with Gasteiger partial charge in [-0.1, -0.05) is 175 Å². The summed E-state index contributed by atoms with van der Waals surface area (Å²) in [5.74, 6) is -1.78. The zero-order valence-electron chi connectivity index (χ0n) is 36.4. The highest BCUT2D eigenvalue weighted by Gasteiger charge is 2.38. The van der Waals surface area contributed by atoms with Crippen LogP contribution in [0.2, 0.25) is 0 Å². The number of quaternary nitrogens is 1. The van der Waals surface area contributed by atoms with Crippen molar-refractivity contribution in [3.05, 3.63) is 0 Å². The van der Waals surface area contributed by atoms with Crippen LogP contribution in [-0.4, -0.2) is 78.7 Å². The lowest BCUT2D eigenvalue weighted by atomic mass is 10.0. The zero-order chi connectivity index (χ0) is 41.0. The first kappa shape index (κ1) is 54.0. The topological polar surface area (TPSA) is 142 Å². The van der Waals surface area contributed by atoms with E-state index in [-0.39, 0.29) is 36.9 Å². The summed E-state index contributed by atoms with van der Waals surface area (Å²) < 4.78 is 30.2. The highest BCUT2D eigenvalue weighted by molar-refractivity contribution is 7.51. The van der Waals surface area contributed by atoms with Crippen LogP contribution in [0.3, 0.4) is 0 Å². The molecule has 0 heterocycles. The average molecular weight is 806 g/mol. The lowest BCUT2D eigenvalue weighted by Crippen LogP contribution is -2.51. The van der Waals surface area contributed by atoms with Crippen molar-refractivity contribution >= 4 is 19.5 Å². The van der Waals surface area contributed by atoms with Gasteiger partial charge in [-0.2, -0.15) is 0 Å². The molecule has 2 N–H and O–H groups in total. The third-order valence-corrected chi connectivity index (χ3v) is 12.9. The molecule has 0 aliphatic rings. The maximum atomic E-state index is 13.5. The molecule has 0 spiro atoms. The van der Waals surface area contributed by atoms with Gasteiger partial charge in [0, 0.05) is 25.7 Å². The van der Waals surface area contributed by atoms with E-state index in [1.807, 2.05) is 6.92 Å². The lowest BCUT2D eigenvalue weighted by Gasteiger charge is -2.44. The molecule has 11 heteroatoms. The van der Waals surface area contributed by atoms with Crippen LogP contribution in [0.5, 0.6) is 0 Å². The SMILES string of the molecule is CCCCCCCCCCCCCCCC(=O)OC[C@H](COP(=O)([O-])C(CCC)[N+](C)(C)CCC(O)O)OC(=O)CCCCCCCCCCCCCCC. The van der Waals surface area contributed by atoms with Gasteiger partial charge in [-0.3, -0.25) is 9.59 Å². The first-order valence-electron chi connectivity index (χ1n) is 22.9. The number of ether oxygens (including phenoxy) is 2. The van der Waals surface area contributed by atoms with Gasteiger partial charge in [-0.15, -0.1) is 0 Å². The second-order valence-corrected chi connectivity index (χ2v) is 18.6. The van der Waals surface area contributed by atoms with Crippen molar-refractivity contribution in [2.24, 2.45) is 0 Å². The van der Waals surface area contributed by atoms with Crippen LogP contribution in [0.1, 0.15) is 220 Å². The van der Waals surface area contributed by atoms with Gasteiger partial charge in [0.05, 0.1) is 27.2 Å². The number of carbonyl (C=O) groups is 2. The average Bonchev–Trinajstić information content (AvgIpc) is 3.14. The molecule has 0 aromatic rings. The Labute approximate surface area is 338 Å². The van der Waals surface area contributed by atoms with Crippen LogP contribution in [0.15, 0.2) is 0 Å². The maximum absolute atomic E-state index is 13.5. The van der Waals surface area contributed by atoms with Gasteiger partial charge in [0.2, 0.25) is 0 Å². The van der Waals surface area contributed by atoms with E-state index >= 15 is 0 Å². The molecular formula is C44H88NO9P. The van der Waals surface area contributed by atoms with E-state index in [9.17, 15) is 29.3 Å². The van der Waals surface area contributed by atoms with E-state index in [1.54, 1.807) is 14.1 Å². The molecule has 0 aromatic heterocycles. The molecule has 0 aromatic carbocycles. The van der Waals surface area contributed by atoms with Gasteiger partial charge in [-0.05, 0) is 19.3 Å². The molecule has 0 radical (unpaired) electrons. The summed E-state index contributed by atoms with van der Waals surface area (Å²) in [5.41, 5.74) is 0. The molecule has 10 nitrogen and oxygen atoms in total. The summed E-state index contributed by atoms with van der Waals surface area (Å²) in [5, 5.41) is 18.8. The number of carbonyl (C=O) groups excluding carboxylic acids is 2. The number of esters is 2. The number of unbranched alkanes of at least 4 members (excludes halogenated alkanes) is 24. The molecule has 0 rings (SSSR count). The van der Waals surface area contributed by atoms with E-state index < -0.39 is 44.3 Å². The van der Waals surface area contributed by atoms with Crippen molar-refractivity contribution in [2.45, 2.75) is 238 Å². The molecule has 0 amide bonds. The van der Waals surface area contributed by atoms with Gasteiger partial charge in [-0.25, -0.2) is 0 Å². The number of rotatable bonds is 41. The highest BCUT2D eigenvalue weighted by Crippen LogP contribution is 2.48. The predicted molar refractivity (Wildman–Crippen MR) is 224 cm³/mol.